The van der Waals surface area contributed by atoms with Crippen LogP contribution in [-0.4, -0.2) is 5.84 Å². The molecular formula is C20H19N3. The highest BCUT2D eigenvalue weighted by molar-refractivity contribution is 6.06. The summed E-state index contributed by atoms with van der Waals surface area (Å²) in [5, 5.41) is 2.05. The highest BCUT2D eigenvalue weighted by atomic mass is 15.5. The van der Waals surface area contributed by atoms with Gasteiger partial charge in [0.15, 0.2) is 5.84 Å². The van der Waals surface area contributed by atoms with Crippen molar-refractivity contribution in [3.8, 4) is 0 Å². The average Bonchev–Trinajstić information content (AvgIpc) is 2.61. The van der Waals surface area contributed by atoms with Gasteiger partial charge in [0.1, 0.15) is 0 Å². The number of aliphatic imine (C=N–C) groups is 1. The standard InChI is InChI=1S/C20H19N3/c1-3-10-16(11-4-2)20-21-18-14-8-9-15-19(18)23(22-20)17-12-6-5-7-13-17/h3-15H,1H2,2H3,(H,21,22). The van der Waals surface area contributed by atoms with E-state index in [-0.39, 0.29) is 0 Å². The lowest BCUT2D eigenvalue weighted by Crippen LogP contribution is -2.41. The van der Waals surface area contributed by atoms with Gasteiger partial charge in [-0.2, -0.15) is 0 Å². The van der Waals surface area contributed by atoms with Gasteiger partial charge < -0.3 is 0 Å². The van der Waals surface area contributed by atoms with Crippen molar-refractivity contribution in [1.82, 2.24) is 5.43 Å². The molecule has 1 aliphatic heterocycles. The van der Waals surface area contributed by atoms with Gasteiger partial charge in [0.25, 0.3) is 0 Å². The maximum Gasteiger partial charge on any atom is 0.152 e. The van der Waals surface area contributed by atoms with Crippen molar-refractivity contribution < 1.29 is 0 Å². The number of nitrogens with one attached hydrogen (secondary N) is 1. The zero-order valence-corrected chi connectivity index (χ0v) is 13.1. The molecule has 2 aromatic rings. The normalized spacial score (nSPS) is 14.2. The largest absolute Gasteiger partial charge is 0.276 e. The Balaban J connectivity index is 2.10. The van der Waals surface area contributed by atoms with E-state index in [1.807, 2.05) is 61.5 Å². The number of rotatable bonds is 4. The first-order valence-electron chi connectivity index (χ1n) is 7.59. The molecule has 0 atom stereocenters. The fourth-order valence-electron chi connectivity index (χ4n) is 2.49. The zero-order valence-electron chi connectivity index (χ0n) is 13.1. The van der Waals surface area contributed by atoms with E-state index in [9.17, 15) is 0 Å². The van der Waals surface area contributed by atoms with E-state index >= 15 is 0 Å². The minimum atomic E-state index is 0.797. The second-order valence-electron chi connectivity index (χ2n) is 5.09. The van der Waals surface area contributed by atoms with E-state index in [4.69, 9.17) is 4.99 Å². The molecule has 0 unspecified atom stereocenters. The van der Waals surface area contributed by atoms with Gasteiger partial charge in [-0.05, 0) is 31.2 Å². The van der Waals surface area contributed by atoms with Crippen molar-refractivity contribution >= 4 is 22.9 Å². The molecule has 114 valence electrons. The molecule has 0 fully saturated rings. The quantitative estimate of drug-likeness (QED) is 0.799. The van der Waals surface area contributed by atoms with Crippen LogP contribution < -0.4 is 10.4 Å². The number of anilines is 2. The van der Waals surface area contributed by atoms with Gasteiger partial charge in [-0.1, -0.05) is 61.2 Å². The third-order valence-corrected chi connectivity index (χ3v) is 3.50. The molecule has 0 bridgehead atoms. The first-order valence-corrected chi connectivity index (χ1v) is 7.59. The van der Waals surface area contributed by atoms with Crippen LogP contribution in [0, 0.1) is 0 Å². The molecule has 1 N–H and O–H groups in total. The Kier molecular flexibility index (Phi) is 4.39. The van der Waals surface area contributed by atoms with Crippen molar-refractivity contribution in [2.24, 2.45) is 4.99 Å². The number of hydrazine groups is 1. The number of nitrogens with zero attached hydrogens (tertiary/aromatic N) is 2. The van der Waals surface area contributed by atoms with E-state index in [1.54, 1.807) is 6.08 Å². The van der Waals surface area contributed by atoms with Gasteiger partial charge in [0.05, 0.1) is 17.1 Å². The summed E-state index contributed by atoms with van der Waals surface area (Å²) in [4.78, 5) is 4.76. The Labute approximate surface area is 137 Å². The van der Waals surface area contributed by atoms with Crippen LogP contribution in [0.5, 0.6) is 0 Å². The van der Waals surface area contributed by atoms with Crippen LogP contribution in [0.15, 0.2) is 96.0 Å². The van der Waals surface area contributed by atoms with Crippen LogP contribution in [0.25, 0.3) is 0 Å². The number of para-hydroxylation sites is 3. The molecule has 0 saturated heterocycles. The summed E-state index contributed by atoms with van der Waals surface area (Å²) in [6.45, 7) is 5.78. The molecule has 0 saturated carbocycles. The molecule has 1 heterocycles. The van der Waals surface area contributed by atoms with Crippen LogP contribution >= 0.6 is 0 Å². The monoisotopic (exact) mass is 301 g/mol. The Morgan fingerprint density at radius 1 is 1.09 bits per heavy atom. The van der Waals surface area contributed by atoms with E-state index in [0.717, 1.165) is 28.5 Å². The summed E-state index contributed by atoms with van der Waals surface area (Å²) < 4.78 is 0. The number of hydrogen-bond donors (Lipinski definition) is 1. The third-order valence-electron chi connectivity index (χ3n) is 3.50. The molecule has 0 radical (unpaired) electrons. The van der Waals surface area contributed by atoms with E-state index in [0.29, 0.717) is 0 Å². The van der Waals surface area contributed by atoms with Gasteiger partial charge in [0, 0.05) is 5.57 Å². The van der Waals surface area contributed by atoms with E-state index in [1.165, 1.54) is 0 Å². The summed E-state index contributed by atoms with van der Waals surface area (Å²) >= 11 is 0. The molecule has 0 spiro atoms. The lowest BCUT2D eigenvalue weighted by molar-refractivity contribution is 0.914. The molecule has 3 rings (SSSR count). The van der Waals surface area contributed by atoms with Crippen LogP contribution in [-0.2, 0) is 0 Å². The average molecular weight is 301 g/mol. The second kappa shape index (κ2) is 6.79. The molecule has 3 heteroatoms. The second-order valence-corrected chi connectivity index (χ2v) is 5.09. The van der Waals surface area contributed by atoms with Crippen molar-refractivity contribution in [2.45, 2.75) is 6.92 Å². The minimum Gasteiger partial charge on any atom is -0.276 e. The lowest BCUT2D eigenvalue weighted by Gasteiger charge is -2.32. The molecule has 2 aromatic carbocycles. The van der Waals surface area contributed by atoms with Crippen molar-refractivity contribution in [3.05, 3.63) is 91.1 Å². The number of benzene rings is 2. The van der Waals surface area contributed by atoms with Gasteiger partial charge in [-0.3, -0.25) is 10.4 Å². The number of fused-ring (bicyclic) bond motifs is 1. The summed E-state index contributed by atoms with van der Waals surface area (Å²) in [5.74, 6) is 0.797. The predicted molar refractivity (Wildman–Crippen MR) is 98.3 cm³/mol. The van der Waals surface area contributed by atoms with Gasteiger partial charge >= 0.3 is 0 Å². The Morgan fingerprint density at radius 2 is 1.83 bits per heavy atom. The minimum absolute atomic E-state index is 0.797. The van der Waals surface area contributed by atoms with Crippen LogP contribution in [0.1, 0.15) is 6.92 Å². The molecule has 1 aliphatic rings. The van der Waals surface area contributed by atoms with Gasteiger partial charge in [-0.15, -0.1) is 0 Å². The Morgan fingerprint density at radius 3 is 2.57 bits per heavy atom. The number of allylic oxidation sites excluding steroid dienone is 3. The van der Waals surface area contributed by atoms with Crippen LogP contribution in [0.3, 0.4) is 0 Å². The smallest absolute Gasteiger partial charge is 0.152 e. The first kappa shape index (κ1) is 14.9. The van der Waals surface area contributed by atoms with Crippen LogP contribution in [0.4, 0.5) is 17.1 Å². The highest BCUT2D eigenvalue weighted by Crippen LogP contribution is 2.35. The van der Waals surface area contributed by atoms with E-state index < -0.39 is 0 Å². The molecule has 3 nitrogen and oxygen atoms in total. The maximum atomic E-state index is 4.76. The van der Waals surface area contributed by atoms with Crippen molar-refractivity contribution in [1.29, 1.82) is 0 Å². The maximum absolute atomic E-state index is 4.76. The molecule has 23 heavy (non-hydrogen) atoms. The third kappa shape index (κ3) is 3.09. The number of amidine groups is 1. The molecule has 0 amide bonds. The first-order chi connectivity index (χ1) is 11.3. The fraction of sp³-hybridized carbons (Fsp3) is 0.0500. The van der Waals surface area contributed by atoms with Crippen LogP contribution in [0.2, 0.25) is 0 Å². The molecule has 0 aromatic heterocycles. The van der Waals surface area contributed by atoms with Crippen molar-refractivity contribution in [3.63, 3.8) is 0 Å². The predicted octanol–water partition coefficient (Wildman–Crippen LogP) is 5.06. The molecular weight excluding hydrogens is 282 g/mol. The number of hydrogen-bond acceptors (Lipinski definition) is 3. The van der Waals surface area contributed by atoms with Crippen molar-refractivity contribution in [2.75, 3.05) is 5.01 Å². The summed E-state index contributed by atoms with van der Waals surface area (Å²) in [6.07, 6.45) is 7.73. The fourth-order valence-corrected chi connectivity index (χ4v) is 2.49. The summed E-state index contributed by atoms with van der Waals surface area (Å²) in [6, 6.07) is 18.3. The summed E-state index contributed by atoms with van der Waals surface area (Å²) in [5.41, 5.74) is 7.42. The highest BCUT2D eigenvalue weighted by Gasteiger charge is 2.20. The SMILES string of the molecule is C=CC=C(C=CC)C1=Nc2ccccc2N(c2ccccc2)N1. The lowest BCUT2D eigenvalue weighted by atomic mass is 10.1. The Hall–Kier alpha value is -3.07. The zero-order chi connectivity index (χ0) is 16.1. The molecule has 0 aliphatic carbocycles. The Bertz CT molecular complexity index is 786. The summed E-state index contributed by atoms with van der Waals surface area (Å²) in [7, 11) is 0. The topological polar surface area (TPSA) is 27.6 Å². The van der Waals surface area contributed by atoms with Gasteiger partial charge in [-0.25, -0.2) is 4.99 Å². The van der Waals surface area contributed by atoms with E-state index in [2.05, 4.69) is 35.2 Å². The van der Waals surface area contributed by atoms with Gasteiger partial charge in [0.2, 0.25) is 0 Å².